The molecule has 1 aliphatic carbocycles. The molecule has 2 atom stereocenters. The maximum atomic E-state index is 3.55. The van der Waals surface area contributed by atoms with Crippen molar-refractivity contribution in [3.63, 3.8) is 0 Å². The van der Waals surface area contributed by atoms with Crippen LogP contribution in [0.5, 0.6) is 0 Å². The average Bonchev–Trinajstić information content (AvgIpc) is 2.62. The van der Waals surface area contributed by atoms with E-state index in [1.54, 1.807) is 0 Å². The van der Waals surface area contributed by atoms with Gasteiger partial charge in [-0.1, -0.05) is 20.8 Å². The first kappa shape index (κ1) is 12.4. The van der Waals surface area contributed by atoms with Crippen LogP contribution in [0.15, 0.2) is 0 Å². The van der Waals surface area contributed by atoms with Crippen molar-refractivity contribution < 1.29 is 0 Å². The first-order valence-electron chi connectivity index (χ1n) is 7.09. The van der Waals surface area contributed by atoms with E-state index in [0.29, 0.717) is 5.41 Å². The summed E-state index contributed by atoms with van der Waals surface area (Å²) in [5.41, 5.74) is 0.584. The van der Waals surface area contributed by atoms with E-state index >= 15 is 0 Å². The highest BCUT2D eigenvalue weighted by Gasteiger charge is 2.36. The Morgan fingerprint density at radius 2 is 2.06 bits per heavy atom. The van der Waals surface area contributed by atoms with Gasteiger partial charge >= 0.3 is 0 Å². The smallest absolute Gasteiger partial charge is 0.0223 e. The van der Waals surface area contributed by atoms with Crippen LogP contribution in [0.4, 0.5) is 0 Å². The Labute approximate surface area is 101 Å². The molecule has 2 fully saturated rings. The molecule has 0 radical (unpaired) electrons. The summed E-state index contributed by atoms with van der Waals surface area (Å²) in [5, 5.41) is 3.55. The van der Waals surface area contributed by atoms with E-state index in [0.717, 1.165) is 12.1 Å². The molecular weight excluding hydrogens is 196 g/mol. The van der Waals surface area contributed by atoms with Crippen LogP contribution in [0.1, 0.15) is 52.9 Å². The molecule has 2 aliphatic rings. The van der Waals surface area contributed by atoms with Crippen molar-refractivity contribution in [2.24, 2.45) is 5.41 Å². The lowest BCUT2D eigenvalue weighted by atomic mass is 9.91. The van der Waals surface area contributed by atoms with Crippen LogP contribution in [-0.2, 0) is 0 Å². The molecule has 2 heteroatoms. The molecular formula is C14H28N2. The van der Waals surface area contributed by atoms with Gasteiger partial charge in [-0.15, -0.1) is 0 Å². The molecule has 0 spiro atoms. The summed E-state index contributed by atoms with van der Waals surface area (Å²) < 4.78 is 0. The summed E-state index contributed by atoms with van der Waals surface area (Å²) in [6.07, 6.45) is 6.98. The minimum atomic E-state index is 0.584. The molecule has 0 bridgehead atoms. The summed E-state index contributed by atoms with van der Waals surface area (Å²) in [5.74, 6) is 0. The van der Waals surface area contributed by atoms with Gasteiger partial charge < -0.3 is 5.32 Å². The summed E-state index contributed by atoms with van der Waals surface area (Å²) in [7, 11) is 0. The Balaban J connectivity index is 1.94. The van der Waals surface area contributed by atoms with Crippen molar-refractivity contribution in [1.82, 2.24) is 10.2 Å². The zero-order valence-corrected chi connectivity index (χ0v) is 11.3. The molecule has 0 amide bonds. The van der Waals surface area contributed by atoms with E-state index in [1.807, 2.05) is 0 Å². The lowest BCUT2D eigenvalue weighted by Gasteiger charge is -2.38. The van der Waals surface area contributed by atoms with E-state index in [-0.39, 0.29) is 0 Å². The quantitative estimate of drug-likeness (QED) is 0.793. The average molecular weight is 224 g/mol. The van der Waals surface area contributed by atoms with Gasteiger partial charge in [0.2, 0.25) is 0 Å². The molecule has 2 unspecified atom stereocenters. The molecule has 16 heavy (non-hydrogen) atoms. The van der Waals surface area contributed by atoms with Crippen LogP contribution in [0, 0.1) is 5.41 Å². The Kier molecular flexibility index (Phi) is 3.91. The zero-order chi connectivity index (χ0) is 11.6. The lowest BCUT2D eigenvalue weighted by Crippen LogP contribution is -2.49. The SMILES string of the molecule is CCN(C1CCCNC1)C1CCC(C)(C)C1. The predicted octanol–water partition coefficient (Wildman–Crippen LogP) is 2.64. The van der Waals surface area contributed by atoms with Crippen molar-refractivity contribution in [2.45, 2.75) is 65.0 Å². The molecule has 2 nitrogen and oxygen atoms in total. The van der Waals surface area contributed by atoms with E-state index in [4.69, 9.17) is 0 Å². The van der Waals surface area contributed by atoms with Gasteiger partial charge in [-0.2, -0.15) is 0 Å². The highest BCUT2D eigenvalue weighted by molar-refractivity contribution is 4.91. The second-order valence-corrected chi connectivity index (χ2v) is 6.39. The van der Waals surface area contributed by atoms with Crippen LogP contribution < -0.4 is 5.32 Å². The fourth-order valence-corrected chi connectivity index (χ4v) is 3.61. The van der Waals surface area contributed by atoms with Gasteiger partial charge in [-0.05, 0) is 50.6 Å². The van der Waals surface area contributed by atoms with Crippen LogP contribution in [0.2, 0.25) is 0 Å². The standard InChI is InChI=1S/C14H28N2/c1-4-16(13-6-5-9-15-11-13)12-7-8-14(2,3)10-12/h12-13,15H,4-11H2,1-3H3. The number of hydrogen-bond donors (Lipinski definition) is 1. The number of nitrogens with one attached hydrogen (secondary N) is 1. The number of piperidine rings is 1. The predicted molar refractivity (Wildman–Crippen MR) is 69.7 cm³/mol. The highest BCUT2D eigenvalue weighted by atomic mass is 15.2. The molecule has 1 aliphatic heterocycles. The van der Waals surface area contributed by atoms with Gasteiger partial charge in [0.25, 0.3) is 0 Å². The Hall–Kier alpha value is -0.0800. The Bertz CT molecular complexity index is 219. The number of rotatable bonds is 3. The topological polar surface area (TPSA) is 15.3 Å². The van der Waals surface area contributed by atoms with Gasteiger partial charge in [-0.3, -0.25) is 4.90 Å². The Morgan fingerprint density at radius 1 is 1.25 bits per heavy atom. The van der Waals surface area contributed by atoms with Crippen molar-refractivity contribution in [3.05, 3.63) is 0 Å². The largest absolute Gasteiger partial charge is 0.315 e. The van der Waals surface area contributed by atoms with Crippen LogP contribution in [0.25, 0.3) is 0 Å². The fraction of sp³-hybridized carbons (Fsp3) is 1.00. The van der Waals surface area contributed by atoms with Gasteiger partial charge in [-0.25, -0.2) is 0 Å². The van der Waals surface area contributed by atoms with Crippen LogP contribution >= 0.6 is 0 Å². The monoisotopic (exact) mass is 224 g/mol. The highest BCUT2D eigenvalue weighted by Crippen LogP contribution is 2.40. The molecule has 1 heterocycles. The summed E-state index contributed by atoms with van der Waals surface area (Å²) in [4.78, 5) is 2.78. The number of hydrogen-bond acceptors (Lipinski definition) is 2. The van der Waals surface area contributed by atoms with E-state index in [9.17, 15) is 0 Å². The Morgan fingerprint density at radius 3 is 2.56 bits per heavy atom. The number of nitrogens with zero attached hydrogens (tertiary/aromatic N) is 1. The van der Waals surface area contributed by atoms with Gasteiger partial charge in [0.1, 0.15) is 0 Å². The van der Waals surface area contributed by atoms with Crippen molar-refractivity contribution >= 4 is 0 Å². The zero-order valence-electron chi connectivity index (χ0n) is 11.3. The molecule has 1 N–H and O–H groups in total. The van der Waals surface area contributed by atoms with Crippen molar-refractivity contribution in [1.29, 1.82) is 0 Å². The first-order valence-corrected chi connectivity index (χ1v) is 7.09. The molecule has 1 saturated heterocycles. The maximum absolute atomic E-state index is 3.55. The molecule has 0 aromatic carbocycles. The summed E-state index contributed by atoms with van der Waals surface area (Å²) in [6, 6.07) is 1.66. The third-order valence-corrected chi connectivity index (χ3v) is 4.52. The third kappa shape index (κ3) is 2.78. The van der Waals surface area contributed by atoms with Crippen LogP contribution in [-0.4, -0.2) is 36.6 Å². The maximum Gasteiger partial charge on any atom is 0.0223 e. The van der Waals surface area contributed by atoms with E-state index in [2.05, 4.69) is 31.0 Å². The summed E-state index contributed by atoms with van der Waals surface area (Å²) in [6.45, 7) is 10.9. The van der Waals surface area contributed by atoms with Crippen molar-refractivity contribution in [3.8, 4) is 0 Å². The second-order valence-electron chi connectivity index (χ2n) is 6.39. The van der Waals surface area contributed by atoms with E-state index in [1.165, 1.54) is 51.7 Å². The van der Waals surface area contributed by atoms with Crippen molar-refractivity contribution in [2.75, 3.05) is 19.6 Å². The van der Waals surface area contributed by atoms with E-state index < -0.39 is 0 Å². The van der Waals surface area contributed by atoms with Gasteiger partial charge in [0.05, 0.1) is 0 Å². The normalized spacial score (nSPS) is 34.5. The lowest BCUT2D eigenvalue weighted by molar-refractivity contribution is 0.114. The third-order valence-electron chi connectivity index (χ3n) is 4.52. The minimum Gasteiger partial charge on any atom is -0.315 e. The molecule has 1 saturated carbocycles. The fourth-order valence-electron chi connectivity index (χ4n) is 3.61. The summed E-state index contributed by atoms with van der Waals surface area (Å²) >= 11 is 0. The van der Waals surface area contributed by atoms with Gasteiger partial charge in [0.15, 0.2) is 0 Å². The first-order chi connectivity index (χ1) is 7.62. The second kappa shape index (κ2) is 5.05. The number of likely N-dealkylation sites (N-methyl/N-ethyl adjacent to an activating group) is 1. The van der Waals surface area contributed by atoms with Gasteiger partial charge in [0, 0.05) is 18.6 Å². The molecule has 0 aromatic rings. The minimum absolute atomic E-state index is 0.584. The molecule has 0 aromatic heterocycles. The molecule has 2 rings (SSSR count). The molecule has 94 valence electrons. The van der Waals surface area contributed by atoms with Crippen LogP contribution in [0.3, 0.4) is 0 Å².